The first-order valence-electron chi connectivity index (χ1n) is 14.3. The Kier molecular flexibility index (Phi) is 11.9. The molecule has 2 aliphatic rings. The predicted molar refractivity (Wildman–Crippen MR) is 159 cm³/mol. The molecule has 11 heteroatoms. The van der Waals surface area contributed by atoms with Crippen molar-refractivity contribution >= 4 is 27.9 Å². The summed E-state index contributed by atoms with van der Waals surface area (Å²) in [4.78, 5) is 30.8. The number of carbonyl (C=O) groups is 2. The molecule has 0 radical (unpaired) electrons. The number of carbonyl (C=O) groups excluding carboxylic acids is 2. The van der Waals surface area contributed by atoms with E-state index in [1.165, 1.54) is 14.2 Å². The predicted octanol–water partition coefficient (Wildman–Crippen LogP) is 4.68. The van der Waals surface area contributed by atoms with E-state index < -0.39 is 11.9 Å². The fourth-order valence-electron chi connectivity index (χ4n) is 5.20. The summed E-state index contributed by atoms with van der Waals surface area (Å²) < 4.78 is 29.2. The summed E-state index contributed by atoms with van der Waals surface area (Å²) in [5, 5.41) is 9.37. The van der Waals surface area contributed by atoms with Crippen LogP contribution in [0.4, 0.5) is 0 Å². The molecule has 3 atom stereocenters. The normalized spacial score (nSPS) is 22.1. The fraction of sp³-hybridized carbons (Fsp3) is 0.516. The van der Waals surface area contributed by atoms with E-state index in [2.05, 4.69) is 31.8 Å². The van der Waals surface area contributed by atoms with Crippen LogP contribution in [-0.4, -0.2) is 94.5 Å². The summed E-state index contributed by atoms with van der Waals surface area (Å²) in [6, 6.07) is 10.2. The van der Waals surface area contributed by atoms with Crippen LogP contribution in [-0.2, 0) is 9.47 Å². The van der Waals surface area contributed by atoms with Gasteiger partial charge in [-0.05, 0) is 91.5 Å². The number of hydrogen-bond acceptors (Lipinski definition) is 10. The maximum absolute atomic E-state index is 13.1. The zero-order chi connectivity index (χ0) is 29.9. The highest BCUT2D eigenvalue weighted by atomic mass is 79.9. The quantitative estimate of drug-likeness (QED) is 0.435. The van der Waals surface area contributed by atoms with Crippen molar-refractivity contribution in [3.8, 4) is 23.3 Å². The van der Waals surface area contributed by atoms with Gasteiger partial charge in [-0.25, -0.2) is 9.59 Å². The second-order valence-corrected chi connectivity index (χ2v) is 11.2. The summed E-state index contributed by atoms with van der Waals surface area (Å²) in [5.41, 5.74) is 1.04. The van der Waals surface area contributed by atoms with Crippen LogP contribution in [0.1, 0.15) is 58.4 Å². The highest BCUT2D eigenvalue weighted by molar-refractivity contribution is 9.10. The number of nitriles is 1. The minimum absolute atomic E-state index is 0.307. The van der Waals surface area contributed by atoms with Crippen LogP contribution in [0.15, 0.2) is 34.8 Å². The van der Waals surface area contributed by atoms with Crippen LogP contribution in [0.3, 0.4) is 0 Å². The minimum atomic E-state index is -0.456. The Morgan fingerprint density at radius 3 is 2.40 bits per heavy atom. The number of benzene rings is 2. The Bertz CT molecular complexity index is 1280. The lowest BCUT2D eigenvalue weighted by molar-refractivity contribution is 0.0221. The van der Waals surface area contributed by atoms with Crippen LogP contribution in [0, 0.1) is 11.3 Å². The van der Waals surface area contributed by atoms with E-state index >= 15 is 0 Å². The van der Waals surface area contributed by atoms with Crippen molar-refractivity contribution in [1.82, 2.24) is 9.80 Å². The minimum Gasteiger partial charge on any atom is -0.493 e. The number of ether oxygens (including phenoxy) is 5. The molecule has 0 aliphatic carbocycles. The molecule has 3 unspecified atom stereocenters. The standard InChI is InChI=1S/C31H38BrN3O7/c1-38-27-19-23-20-28(29(27)39-2)40-16-3-6-25(42-31(37)22-7-8-26(32)24(18-22)21-33)9-13-35-11-4-10-34(14-15-35)12-5-17-41-30(23)36/h7-8,18-20,25H,3-6,9-17H2,1-2H3. The van der Waals surface area contributed by atoms with Crippen molar-refractivity contribution < 1.29 is 33.3 Å². The third-order valence-electron chi connectivity index (χ3n) is 7.51. The molecule has 0 spiro atoms. The molecule has 0 amide bonds. The molecule has 2 aliphatic heterocycles. The Hall–Kier alpha value is -3.33. The molecule has 4 rings (SSSR count). The highest BCUT2D eigenvalue weighted by Gasteiger charge is 2.22. The third kappa shape index (κ3) is 8.60. The van der Waals surface area contributed by atoms with Gasteiger partial charge in [0.05, 0.1) is 44.1 Å². The van der Waals surface area contributed by atoms with Gasteiger partial charge in [0.2, 0.25) is 5.75 Å². The first-order valence-corrected chi connectivity index (χ1v) is 15.1. The molecule has 1 fully saturated rings. The Balaban J connectivity index is 1.52. The van der Waals surface area contributed by atoms with E-state index in [0.717, 1.165) is 52.1 Å². The average molecular weight is 645 g/mol. The monoisotopic (exact) mass is 643 g/mol. The molecule has 2 heterocycles. The summed E-state index contributed by atoms with van der Waals surface area (Å²) in [5.74, 6) is 0.239. The molecule has 10 nitrogen and oxygen atoms in total. The number of halogens is 1. The number of nitrogens with zero attached hydrogens (tertiary/aromatic N) is 3. The topological polar surface area (TPSA) is 111 Å². The first-order chi connectivity index (χ1) is 20.4. The highest BCUT2D eigenvalue weighted by Crippen LogP contribution is 2.39. The van der Waals surface area contributed by atoms with Crippen LogP contribution >= 0.6 is 15.9 Å². The lowest BCUT2D eigenvalue weighted by Gasteiger charge is -2.24. The maximum Gasteiger partial charge on any atom is 0.338 e. The van der Waals surface area contributed by atoms with Crippen molar-refractivity contribution in [2.75, 3.05) is 66.7 Å². The van der Waals surface area contributed by atoms with E-state index in [0.29, 0.717) is 70.9 Å². The number of cyclic esters (lactones) is 1. The van der Waals surface area contributed by atoms with Crippen LogP contribution in [0.25, 0.3) is 0 Å². The van der Waals surface area contributed by atoms with Gasteiger partial charge in [-0.2, -0.15) is 5.26 Å². The van der Waals surface area contributed by atoms with Gasteiger partial charge in [0.15, 0.2) is 11.5 Å². The Labute approximate surface area is 255 Å². The molecule has 0 aromatic heterocycles. The van der Waals surface area contributed by atoms with Crippen molar-refractivity contribution in [2.24, 2.45) is 0 Å². The number of fused-ring (bicyclic) bond motifs is 5. The zero-order valence-corrected chi connectivity index (χ0v) is 25.8. The summed E-state index contributed by atoms with van der Waals surface area (Å²) in [6.45, 7) is 6.11. The smallest absolute Gasteiger partial charge is 0.338 e. The molecular formula is C31H38BrN3O7. The largest absolute Gasteiger partial charge is 0.493 e. The van der Waals surface area contributed by atoms with Crippen LogP contribution < -0.4 is 14.2 Å². The Morgan fingerprint density at radius 2 is 1.67 bits per heavy atom. The average Bonchev–Trinajstić information content (AvgIpc) is 3.24. The summed E-state index contributed by atoms with van der Waals surface area (Å²) >= 11 is 3.34. The van der Waals surface area contributed by atoms with E-state index in [-0.39, 0.29) is 6.10 Å². The van der Waals surface area contributed by atoms with Crippen molar-refractivity contribution in [3.05, 3.63) is 51.5 Å². The molecule has 2 aromatic carbocycles. The summed E-state index contributed by atoms with van der Waals surface area (Å²) in [6.07, 6.45) is 3.30. The van der Waals surface area contributed by atoms with Gasteiger partial charge in [-0.1, -0.05) is 0 Å². The van der Waals surface area contributed by atoms with Gasteiger partial charge in [0.1, 0.15) is 12.2 Å². The van der Waals surface area contributed by atoms with Gasteiger partial charge in [-0.15, -0.1) is 0 Å². The third-order valence-corrected chi connectivity index (χ3v) is 8.20. The number of rotatable bonds is 4. The van der Waals surface area contributed by atoms with Crippen molar-refractivity contribution in [3.63, 3.8) is 0 Å². The molecule has 1 saturated heterocycles. The number of esters is 2. The molecule has 226 valence electrons. The zero-order valence-electron chi connectivity index (χ0n) is 24.2. The van der Waals surface area contributed by atoms with Gasteiger partial charge >= 0.3 is 11.9 Å². The number of hydrogen-bond donors (Lipinski definition) is 0. The van der Waals surface area contributed by atoms with E-state index in [1.54, 1.807) is 30.3 Å². The Morgan fingerprint density at radius 1 is 0.929 bits per heavy atom. The molecular weight excluding hydrogens is 606 g/mol. The lowest BCUT2D eigenvalue weighted by Crippen LogP contribution is -2.34. The van der Waals surface area contributed by atoms with Crippen molar-refractivity contribution in [1.29, 1.82) is 5.26 Å². The second-order valence-electron chi connectivity index (χ2n) is 10.3. The lowest BCUT2D eigenvalue weighted by atomic mass is 10.1. The van der Waals surface area contributed by atoms with Gasteiger partial charge in [0, 0.05) is 30.7 Å². The first kappa shape index (κ1) is 31.6. The summed E-state index contributed by atoms with van der Waals surface area (Å²) in [7, 11) is 3.02. The molecule has 4 bridgehead atoms. The van der Waals surface area contributed by atoms with Gasteiger partial charge < -0.3 is 33.5 Å². The van der Waals surface area contributed by atoms with Gasteiger partial charge in [-0.3, -0.25) is 0 Å². The SMILES string of the molecule is COc1cc2cc(c1OC)OCCCC(OC(=O)c1ccc(Br)c(C#N)c1)CCN1CCCN(CCCOC2=O)CC1. The fourth-order valence-corrected chi connectivity index (χ4v) is 5.54. The van der Waals surface area contributed by atoms with E-state index in [1.807, 2.05) is 0 Å². The molecule has 0 saturated carbocycles. The van der Waals surface area contributed by atoms with Crippen LogP contribution in [0.5, 0.6) is 17.2 Å². The molecule has 42 heavy (non-hydrogen) atoms. The molecule has 0 N–H and O–H groups in total. The number of methoxy groups -OCH3 is 2. The van der Waals surface area contributed by atoms with Crippen LogP contribution in [0.2, 0.25) is 0 Å². The van der Waals surface area contributed by atoms with E-state index in [4.69, 9.17) is 23.7 Å². The van der Waals surface area contributed by atoms with Gasteiger partial charge in [0.25, 0.3) is 0 Å². The maximum atomic E-state index is 13.1. The second kappa shape index (κ2) is 15.8. The molecule has 2 aromatic rings. The van der Waals surface area contributed by atoms with E-state index in [9.17, 15) is 14.9 Å². The van der Waals surface area contributed by atoms with Crippen molar-refractivity contribution in [2.45, 2.75) is 38.2 Å².